The van der Waals surface area contributed by atoms with Crippen molar-refractivity contribution in [3.63, 3.8) is 0 Å². The number of nitrogens with zero attached hydrogens (tertiary/aromatic N) is 3. The third-order valence-corrected chi connectivity index (χ3v) is 5.58. The van der Waals surface area contributed by atoms with E-state index in [0.717, 1.165) is 28.5 Å². The summed E-state index contributed by atoms with van der Waals surface area (Å²) < 4.78 is 0. The second-order valence-corrected chi connectivity index (χ2v) is 8.01. The third kappa shape index (κ3) is 3.78. The van der Waals surface area contributed by atoms with Crippen LogP contribution in [-0.4, -0.2) is 38.3 Å². The molecule has 2 heterocycles. The van der Waals surface area contributed by atoms with E-state index in [9.17, 15) is 14.4 Å². The van der Waals surface area contributed by atoms with Gasteiger partial charge in [0.2, 0.25) is 0 Å². The van der Waals surface area contributed by atoms with Gasteiger partial charge in [-0.25, -0.2) is 9.97 Å². The van der Waals surface area contributed by atoms with Gasteiger partial charge in [-0.2, -0.15) is 0 Å². The van der Waals surface area contributed by atoms with Crippen LogP contribution >= 0.6 is 11.8 Å². The first kappa shape index (κ1) is 19.3. The maximum Gasteiger partial charge on any atom is 0.261 e. The average Bonchev–Trinajstić information content (AvgIpc) is 2.67. The Morgan fingerprint density at radius 1 is 0.966 bits per heavy atom. The van der Waals surface area contributed by atoms with E-state index in [-0.39, 0.29) is 29.9 Å². The van der Waals surface area contributed by atoms with Crippen LogP contribution in [0.2, 0.25) is 0 Å². The predicted octanol–water partition coefficient (Wildman–Crippen LogP) is 3.94. The summed E-state index contributed by atoms with van der Waals surface area (Å²) in [4.78, 5) is 47.7. The summed E-state index contributed by atoms with van der Waals surface area (Å²) in [6.07, 6.45) is 0.621. The van der Waals surface area contributed by atoms with Crippen molar-refractivity contribution < 1.29 is 14.4 Å². The van der Waals surface area contributed by atoms with Gasteiger partial charge in [-0.3, -0.25) is 19.3 Å². The van der Waals surface area contributed by atoms with Gasteiger partial charge in [0, 0.05) is 40.9 Å². The summed E-state index contributed by atoms with van der Waals surface area (Å²) in [7, 11) is 0. The molecule has 2 aromatic carbocycles. The molecule has 0 bridgehead atoms. The van der Waals surface area contributed by atoms with Gasteiger partial charge in [0.1, 0.15) is 0 Å². The smallest absolute Gasteiger partial charge is 0.261 e. The van der Waals surface area contributed by atoms with Crippen LogP contribution in [0.1, 0.15) is 44.9 Å². The maximum atomic E-state index is 12.9. The van der Waals surface area contributed by atoms with Gasteiger partial charge >= 0.3 is 0 Å². The number of imide groups is 1. The minimum Gasteiger partial charge on any atom is -0.287 e. The predicted molar refractivity (Wildman–Crippen MR) is 111 cm³/mol. The lowest BCUT2D eigenvalue weighted by Gasteiger charge is -2.27. The number of benzene rings is 2. The quantitative estimate of drug-likeness (QED) is 0.363. The number of carbonyl (C=O) groups is 3. The number of hydrogen-bond donors (Lipinski definition) is 0. The molecular formula is C22H19N3O3S. The van der Waals surface area contributed by atoms with E-state index < -0.39 is 0 Å². The van der Waals surface area contributed by atoms with E-state index in [4.69, 9.17) is 0 Å². The molecule has 0 saturated heterocycles. The third-order valence-electron chi connectivity index (χ3n) is 4.79. The van der Waals surface area contributed by atoms with Gasteiger partial charge in [-0.1, -0.05) is 24.3 Å². The molecule has 7 heteroatoms. The first-order valence-electron chi connectivity index (χ1n) is 9.35. The fourth-order valence-electron chi connectivity index (χ4n) is 3.56. The molecule has 0 aliphatic carbocycles. The molecule has 146 valence electrons. The van der Waals surface area contributed by atoms with Crippen LogP contribution in [0.3, 0.4) is 0 Å². The molecule has 4 rings (SSSR count). The van der Waals surface area contributed by atoms with Crippen LogP contribution in [0.5, 0.6) is 0 Å². The number of aromatic nitrogens is 2. The first-order chi connectivity index (χ1) is 13.9. The number of rotatable bonds is 5. The monoisotopic (exact) mass is 405 g/mol. The van der Waals surface area contributed by atoms with Crippen molar-refractivity contribution in [3.8, 4) is 0 Å². The molecule has 0 unspecified atom stereocenters. The normalized spacial score (nSPS) is 13.2. The summed E-state index contributed by atoms with van der Waals surface area (Å²) >= 11 is 0.995. The largest absolute Gasteiger partial charge is 0.287 e. The van der Waals surface area contributed by atoms with E-state index in [1.165, 1.54) is 4.90 Å². The molecule has 2 amide bonds. The van der Waals surface area contributed by atoms with E-state index in [1.54, 1.807) is 12.1 Å². The lowest BCUT2D eigenvalue weighted by atomic mass is 9.94. The highest BCUT2D eigenvalue weighted by atomic mass is 32.2. The SMILES string of the molecule is Cc1cc(C)nc(SC(=O)CCCN2C(=O)c3cccc4cccc(c34)C2=O)n1. The van der Waals surface area contributed by atoms with Gasteiger partial charge in [0.15, 0.2) is 10.3 Å². The van der Waals surface area contributed by atoms with Crippen LogP contribution < -0.4 is 0 Å². The number of amides is 2. The topological polar surface area (TPSA) is 80.2 Å². The second kappa shape index (κ2) is 7.75. The molecule has 0 atom stereocenters. The Labute approximate surface area is 172 Å². The maximum absolute atomic E-state index is 12.9. The number of hydrogen-bond acceptors (Lipinski definition) is 6. The van der Waals surface area contributed by atoms with Crippen molar-refractivity contribution in [1.29, 1.82) is 0 Å². The molecular weight excluding hydrogens is 386 g/mol. The summed E-state index contributed by atoms with van der Waals surface area (Å²) in [5, 5.41) is 1.92. The zero-order valence-corrected chi connectivity index (χ0v) is 17.0. The highest BCUT2D eigenvalue weighted by Gasteiger charge is 2.32. The molecule has 1 aromatic heterocycles. The van der Waals surface area contributed by atoms with Crippen molar-refractivity contribution in [1.82, 2.24) is 14.9 Å². The standard InChI is InChI=1S/C22H19N3O3S/c1-13-12-14(2)24-22(23-13)29-18(26)10-5-11-25-20(27)16-8-3-6-15-7-4-9-17(19(15)16)21(25)28/h3-4,6-9,12H,5,10-11H2,1-2H3. The van der Waals surface area contributed by atoms with Gasteiger partial charge in [0.05, 0.1) is 0 Å². The number of aryl methyl sites for hydroxylation is 2. The van der Waals surface area contributed by atoms with Gasteiger partial charge in [-0.05, 0) is 55.6 Å². The van der Waals surface area contributed by atoms with Crippen molar-refractivity contribution in [2.24, 2.45) is 0 Å². The molecule has 0 saturated carbocycles. The minimum atomic E-state index is -0.308. The lowest BCUT2D eigenvalue weighted by Crippen LogP contribution is -2.40. The Morgan fingerprint density at radius 3 is 2.14 bits per heavy atom. The average molecular weight is 405 g/mol. The first-order valence-corrected chi connectivity index (χ1v) is 10.2. The zero-order chi connectivity index (χ0) is 20.5. The Balaban J connectivity index is 1.43. The Kier molecular flexibility index (Phi) is 5.15. The lowest BCUT2D eigenvalue weighted by molar-refractivity contribution is -0.111. The van der Waals surface area contributed by atoms with E-state index in [1.807, 2.05) is 44.2 Å². The summed E-state index contributed by atoms with van der Waals surface area (Å²) in [5.41, 5.74) is 2.68. The Hall–Kier alpha value is -3.06. The molecule has 6 nitrogen and oxygen atoms in total. The van der Waals surface area contributed by atoms with Crippen LogP contribution in [-0.2, 0) is 4.79 Å². The number of thioether (sulfide) groups is 1. The summed E-state index contributed by atoms with van der Waals surface area (Å²) in [6, 6.07) is 12.8. The van der Waals surface area contributed by atoms with Crippen molar-refractivity contribution >= 4 is 39.5 Å². The second-order valence-electron chi connectivity index (χ2n) is 6.98. The molecule has 0 radical (unpaired) electrons. The van der Waals surface area contributed by atoms with Crippen LogP contribution in [0.25, 0.3) is 10.8 Å². The molecule has 0 spiro atoms. The number of carbonyl (C=O) groups excluding carboxylic acids is 3. The molecule has 1 aliphatic heterocycles. The Morgan fingerprint density at radius 2 is 1.55 bits per heavy atom. The highest BCUT2D eigenvalue weighted by Crippen LogP contribution is 2.30. The van der Waals surface area contributed by atoms with Crippen LogP contribution in [0.15, 0.2) is 47.6 Å². The van der Waals surface area contributed by atoms with Gasteiger partial charge in [-0.15, -0.1) is 0 Å². The molecule has 0 fully saturated rings. The molecule has 29 heavy (non-hydrogen) atoms. The van der Waals surface area contributed by atoms with Gasteiger partial charge < -0.3 is 0 Å². The fraction of sp³-hybridized carbons (Fsp3) is 0.227. The fourth-order valence-corrected chi connectivity index (χ4v) is 4.39. The minimum absolute atomic E-state index is 0.0885. The van der Waals surface area contributed by atoms with E-state index in [2.05, 4.69) is 9.97 Å². The summed E-state index contributed by atoms with van der Waals surface area (Å²) in [5.74, 6) is -0.617. The molecule has 3 aromatic rings. The van der Waals surface area contributed by atoms with E-state index >= 15 is 0 Å². The molecule has 1 aliphatic rings. The van der Waals surface area contributed by atoms with Crippen molar-refractivity contribution in [3.05, 3.63) is 65.0 Å². The summed E-state index contributed by atoms with van der Waals surface area (Å²) in [6.45, 7) is 3.91. The van der Waals surface area contributed by atoms with Crippen LogP contribution in [0, 0.1) is 13.8 Å². The zero-order valence-electron chi connectivity index (χ0n) is 16.1. The van der Waals surface area contributed by atoms with Crippen molar-refractivity contribution in [2.75, 3.05) is 6.54 Å². The highest BCUT2D eigenvalue weighted by molar-refractivity contribution is 8.13. The Bertz CT molecular complexity index is 1090. The van der Waals surface area contributed by atoms with E-state index in [0.29, 0.717) is 28.1 Å². The van der Waals surface area contributed by atoms with Crippen LogP contribution in [0.4, 0.5) is 0 Å². The van der Waals surface area contributed by atoms with Gasteiger partial charge in [0.25, 0.3) is 11.8 Å². The van der Waals surface area contributed by atoms with Crippen molar-refractivity contribution in [2.45, 2.75) is 31.8 Å². The molecule has 0 N–H and O–H groups in total.